The van der Waals surface area contributed by atoms with E-state index >= 15 is 0 Å². The highest BCUT2D eigenvalue weighted by Gasteiger charge is 2.20. The van der Waals surface area contributed by atoms with Gasteiger partial charge in [0.2, 0.25) is 0 Å². The number of carbonyl (C=O) groups is 1. The van der Waals surface area contributed by atoms with Crippen LogP contribution in [0.15, 0.2) is 47.1 Å². The summed E-state index contributed by atoms with van der Waals surface area (Å²) in [6.07, 6.45) is 2.02. The van der Waals surface area contributed by atoms with Gasteiger partial charge in [-0.25, -0.2) is 4.39 Å². The first-order valence-electron chi connectivity index (χ1n) is 12.0. The van der Waals surface area contributed by atoms with E-state index in [0.29, 0.717) is 46.7 Å². The van der Waals surface area contributed by atoms with Crippen molar-refractivity contribution < 1.29 is 23.6 Å². The molecule has 0 aliphatic carbocycles. The highest BCUT2D eigenvalue weighted by molar-refractivity contribution is 6.32. The van der Waals surface area contributed by atoms with E-state index in [9.17, 15) is 9.18 Å². The number of nitrogens with zero attached hydrogens (tertiary/aromatic N) is 3. The van der Waals surface area contributed by atoms with E-state index in [2.05, 4.69) is 15.5 Å². The molecule has 0 spiro atoms. The lowest BCUT2D eigenvalue weighted by Crippen LogP contribution is -2.29. The number of aliphatic carboxylic acids is 1. The molecule has 0 saturated heterocycles. The Morgan fingerprint density at radius 3 is 2.76 bits per heavy atom. The summed E-state index contributed by atoms with van der Waals surface area (Å²) in [6, 6.07) is 10.7. The molecule has 0 aliphatic rings. The number of halogens is 2. The van der Waals surface area contributed by atoms with Crippen molar-refractivity contribution in [2.24, 2.45) is 5.41 Å². The second-order valence-corrected chi connectivity index (χ2v) is 10.5. The van der Waals surface area contributed by atoms with E-state index < -0.39 is 11.8 Å². The molecule has 2 aromatic heterocycles. The van der Waals surface area contributed by atoms with Crippen molar-refractivity contribution in [3.05, 3.63) is 59.0 Å². The predicted molar refractivity (Wildman–Crippen MR) is 140 cm³/mol. The van der Waals surface area contributed by atoms with Crippen molar-refractivity contribution in [1.82, 2.24) is 20.0 Å². The van der Waals surface area contributed by atoms with Crippen LogP contribution in [0.5, 0.6) is 5.75 Å². The minimum atomic E-state index is -0.801. The molecule has 4 rings (SSSR count). The molecule has 0 atom stereocenters. The number of hydrogen-bond acceptors (Lipinski definition) is 6. The Bertz CT molecular complexity index is 1410. The van der Waals surface area contributed by atoms with Gasteiger partial charge < -0.3 is 19.7 Å². The van der Waals surface area contributed by atoms with Crippen molar-refractivity contribution in [2.75, 3.05) is 6.54 Å². The first kappa shape index (κ1) is 26.6. The number of nitrogens with one attached hydrogen (secondary N) is 1. The van der Waals surface area contributed by atoms with Gasteiger partial charge >= 0.3 is 5.97 Å². The maximum absolute atomic E-state index is 14.9. The highest BCUT2D eigenvalue weighted by Crippen LogP contribution is 2.31. The molecule has 4 aromatic rings. The van der Waals surface area contributed by atoms with Crippen molar-refractivity contribution in [1.29, 1.82) is 0 Å². The van der Waals surface area contributed by atoms with E-state index in [1.807, 2.05) is 39.8 Å². The molecule has 10 heteroatoms. The van der Waals surface area contributed by atoms with E-state index in [1.165, 1.54) is 6.20 Å². The maximum atomic E-state index is 14.9. The summed E-state index contributed by atoms with van der Waals surface area (Å²) in [5, 5.41) is 17.2. The summed E-state index contributed by atoms with van der Waals surface area (Å²) in [5.74, 6) is -0.184. The smallest absolute Gasteiger partial charge is 0.303 e. The summed E-state index contributed by atoms with van der Waals surface area (Å²) in [6.45, 7) is 9.04. The predicted octanol–water partition coefficient (Wildman–Crippen LogP) is 6.24. The van der Waals surface area contributed by atoms with Gasteiger partial charge in [-0.2, -0.15) is 4.98 Å². The third kappa shape index (κ3) is 6.47. The molecule has 37 heavy (non-hydrogen) atoms. The van der Waals surface area contributed by atoms with Gasteiger partial charge in [0.1, 0.15) is 11.6 Å². The lowest BCUT2D eigenvalue weighted by Gasteiger charge is -2.24. The molecule has 0 amide bonds. The van der Waals surface area contributed by atoms with Crippen LogP contribution in [0.25, 0.3) is 28.3 Å². The van der Waals surface area contributed by atoms with Gasteiger partial charge in [0, 0.05) is 36.7 Å². The molecule has 0 aliphatic heterocycles. The standard InChI is InChI=1S/C27H30ClFN4O4/c1-16(2)36-23-8-6-18(12-20(23)28)25-31-26(32-37-25)33-14-21(29)19-11-17(5-7-22(19)33)13-30-15-27(3,4)10-9-24(34)35/h5-8,11-12,14,16,30H,9-10,13,15H2,1-4H3,(H,34,35). The molecule has 0 unspecified atom stereocenters. The third-order valence-electron chi connectivity index (χ3n) is 5.94. The second-order valence-electron chi connectivity index (χ2n) is 10.1. The van der Waals surface area contributed by atoms with Gasteiger partial charge in [0.25, 0.3) is 11.8 Å². The van der Waals surface area contributed by atoms with E-state index in [4.69, 9.17) is 26.0 Å². The van der Waals surface area contributed by atoms with Crippen LogP contribution < -0.4 is 10.1 Å². The van der Waals surface area contributed by atoms with Gasteiger partial charge in [0.05, 0.1) is 16.6 Å². The average molecular weight is 529 g/mol. The number of rotatable bonds is 11. The third-order valence-corrected chi connectivity index (χ3v) is 6.24. The van der Waals surface area contributed by atoms with Gasteiger partial charge in [-0.1, -0.05) is 31.5 Å². The highest BCUT2D eigenvalue weighted by atomic mass is 35.5. The Labute approximate surface area is 219 Å². The number of carboxylic acids is 1. The topological polar surface area (TPSA) is 102 Å². The fraction of sp³-hybridized carbons (Fsp3) is 0.370. The van der Waals surface area contributed by atoms with Gasteiger partial charge in [0.15, 0.2) is 0 Å². The number of fused-ring (bicyclic) bond motifs is 1. The van der Waals surface area contributed by atoms with Crippen LogP contribution in [-0.4, -0.2) is 38.4 Å². The summed E-state index contributed by atoms with van der Waals surface area (Å²) in [5.41, 5.74) is 1.97. The minimum Gasteiger partial charge on any atom is -0.489 e. The Morgan fingerprint density at radius 2 is 2.05 bits per heavy atom. The lowest BCUT2D eigenvalue weighted by molar-refractivity contribution is -0.137. The summed E-state index contributed by atoms with van der Waals surface area (Å²) >= 11 is 6.33. The molecule has 0 bridgehead atoms. The molecular formula is C27H30ClFN4O4. The largest absolute Gasteiger partial charge is 0.489 e. The fourth-order valence-corrected chi connectivity index (χ4v) is 4.23. The molecular weight excluding hydrogens is 499 g/mol. The molecule has 0 fully saturated rings. The van der Waals surface area contributed by atoms with Crippen molar-refractivity contribution in [3.63, 3.8) is 0 Å². The molecule has 0 radical (unpaired) electrons. The van der Waals surface area contributed by atoms with Gasteiger partial charge in [-0.05, 0) is 66.7 Å². The number of ether oxygens (including phenoxy) is 1. The van der Waals surface area contributed by atoms with E-state index in [0.717, 1.165) is 5.56 Å². The zero-order chi connectivity index (χ0) is 26.7. The Hall–Kier alpha value is -3.43. The van der Waals surface area contributed by atoms with Crippen LogP contribution in [0.1, 0.15) is 46.1 Å². The molecule has 2 heterocycles. The SMILES string of the molecule is CC(C)Oc1ccc(-c2nc(-n3cc(F)c4cc(CNCC(C)(C)CCC(=O)O)ccc43)no2)cc1Cl. The Kier molecular flexibility index (Phi) is 7.85. The zero-order valence-corrected chi connectivity index (χ0v) is 22.0. The van der Waals surface area contributed by atoms with E-state index in [1.54, 1.807) is 28.8 Å². The fourth-order valence-electron chi connectivity index (χ4n) is 4.01. The Balaban J connectivity index is 1.49. The van der Waals surface area contributed by atoms with Crippen molar-refractivity contribution in [3.8, 4) is 23.2 Å². The lowest BCUT2D eigenvalue weighted by atomic mass is 9.87. The van der Waals surface area contributed by atoms with Crippen molar-refractivity contribution >= 4 is 28.5 Å². The van der Waals surface area contributed by atoms with Crippen molar-refractivity contribution in [2.45, 2.75) is 53.2 Å². The zero-order valence-electron chi connectivity index (χ0n) is 21.2. The second kappa shape index (κ2) is 10.9. The van der Waals surface area contributed by atoms with Crippen LogP contribution in [0, 0.1) is 11.2 Å². The van der Waals surface area contributed by atoms with Crippen LogP contribution in [0.2, 0.25) is 5.02 Å². The first-order valence-corrected chi connectivity index (χ1v) is 12.4. The number of benzene rings is 2. The summed E-state index contributed by atoms with van der Waals surface area (Å²) in [7, 11) is 0. The van der Waals surface area contributed by atoms with E-state index in [-0.39, 0.29) is 29.8 Å². The van der Waals surface area contributed by atoms with Crippen LogP contribution >= 0.6 is 11.6 Å². The monoisotopic (exact) mass is 528 g/mol. The van der Waals surface area contributed by atoms with Crippen LogP contribution in [0.3, 0.4) is 0 Å². The number of hydrogen-bond donors (Lipinski definition) is 2. The van der Waals surface area contributed by atoms with Crippen LogP contribution in [0.4, 0.5) is 4.39 Å². The summed E-state index contributed by atoms with van der Waals surface area (Å²) < 4.78 is 27.5. The van der Waals surface area contributed by atoms with Gasteiger partial charge in [-0.3, -0.25) is 9.36 Å². The molecule has 0 saturated carbocycles. The van der Waals surface area contributed by atoms with Crippen LogP contribution in [-0.2, 0) is 11.3 Å². The minimum absolute atomic E-state index is 0.0118. The quantitative estimate of drug-likeness (QED) is 0.237. The normalized spacial score (nSPS) is 12.0. The Morgan fingerprint density at radius 1 is 1.27 bits per heavy atom. The molecule has 8 nitrogen and oxygen atoms in total. The average Bonchev–Trinajstić information content (AvgIpc) is 3.44. The number of aromatic nitrogens is 3. The molecule has 196 valence electrons. The van der Waals surface area contributed by atoms with Gasteiger partial charge in [-0.15, -0.1) is 0 Å². The molecule has 2 N–H and O–H groups in total. The molecule has 2 aromatic carbocycles. The number of carboxylic acid groups (broad SMARTS) is 1. The summed E-state index contributed by atoms with van der Waals surface area (Å²) in [4.78, 5) is 15.3. The maximum Gasteiger partial charge on any atom is 0.303 e. The first-order chi connectivity index (χ1) is 17.5.